The molecule has 6 nitrogen and oxygen atoms in total. The number of carbonyl (C=O) groups is 1. The van der Waals surface area contributed by atoms with Crippen molar-refractivity contribution in [2.24, 2.45) is 0 Å². The molecule has 1 aliphatic rings. The van der Waals surface area contributed by atoms with E-state index in [1.54, 1.807) is 7.11 Å². The van der Waals surface area contributed by atoms with Crippen molar-refractivity contribution >= 4 is 5.91 Å². The molecular formula is C25H29N3O3. The van der Waals surface area contributed by atoms with E-state index < -0.39 is 0 Å². The maximum absolute atomic E-state index is 12.7. The molecule has 2 aromatic carbocycles. The molecule has 31 heavy (non-hydrogen) atoms. The Morgan fingerprint density at radius 3 is 2.61 bits per heavy atom. The fraction of sp³-hybridized carbons (Fsp3) is 0.360. The number of hydrogen-bond acceptors (Lipinski definition) is 5. The highest BCUT2D eigenvalue weighted by molar-refractivity contribution is 5.76. The molecule has 0 spiro atoms. The van der Waals surface area contributed by atoms with Crippen LogP contribution in [0.5, 0.6) is 5.75 Å². The van der Waals surface area contributed by atoms with Gasteiger partial charge in [-0.2, -0.15) is 0 Å². The molecule has 0 atom stereocenters. The Labute approximate surface area is 183 Å². The van der Waals surface area contributed by atoms with E-state index in [9.17, 15) is 4.79 Å². The normalized spacial score (nSPS) is 14.9. The van der Waals surface area contributed by atoms with Gasteiger partial charge in [0.15, 0.2) is 5.76 Å². The van der Waals surface area contributed by atoms with Crippen LogP contribution in [0.25, 0.3) is 11.3 Å². The number of amides is 1. The number of aromatic nitrogens is 1. The van der Waals surface area contributed by atoms with Crippen LogP contribution in [0.4, 0.5) is 0 Å². The summed E-state index contributed by atoms with van der Waals surface area (Å²) in [4.78, 5) is 17.1. The smallest absolute Gasteiger partial charge is 0.222 e. The topological polar surface area (TPSA) is 58.8 Å². The molecule has 1 saturated heterocycles. The number of hydrogen-bond donors (Lipinski definition) is 0. The van der Waals surface area contributed by atoms with Crippen LogP contribution in [0.2, 0.25) is 0 Å². The zero-order valence-electron chi connectivity index (χ0n) is 18.0. The lowest BCUT2D eigenvalue weighted by Gasteiger charge is -2.21. The second-order valence-corrected chi connectivity index (χ2v) is 7.90. The Morgan fingerprint density at radius 2 is 1.84 bits per heavy atom. The van der Waals surface area contributed by atoms with Crippen LogP contribution in [-0.2, 0) is 17.8 Å². The summed E-state index contributed by atoms with van der Waals surface area (Å²) in [7, 11) is 1.66. The third-order valence-electron chi connectivity index (χ3n) is 5.74. The molecule has 0 unspecified atom stereocenters. The van der Waals surface area contributed by atoms with Gasteiger partial charge in [-0.1, -0.05) is 47.6 Å². The Kier molecular flexibility index (Phi) is 6.99. The van der Waals surface area contributed by atoms with E-state index in [0.717, 1.165) is 67.4 Å². The summed E-state index contributed by atoms with van der Waals surface area (Å²) in [5.74, 6) is 1.92. The van der Waals surface area contributed by atoms with Gasteiger partial charge in [0.2, 0.25) is 5.91 Å². The highest BCUT2D eigenvalue weighted by Crippen LogP contribution is 2.20. The van der Waals surface area contributed by atoms with E-state index in [0.29, 0.717) is 13.0 Å². The van der Waals surface area contributed by atoms with Crippen LogP contribution in [0, 0.1) is 0 Å². The van der Waals surface area contributed by atoms with Gasteiger partial charge in [0, 0.05) is 44.2 Å². The average Bonchev–Trinajstić information content (AvgIpc) is 3.16. The van der Waals surface area contributed by atoms with Crippen molar-refractivity contribution in [1.29, 1.82) is 0 Å². The first-order chi connectivity index (χ1) is 15.2. The van der Waals surface area contributed by atoms with E-state index in [1.807, 2.05) is 65.6 Å². The summed E-state index contributed by atoms with van der Waals surface area (Å²) in [5, 5.41) is 4.21. The van der Waals surface area contributed by atoms with Crippen molar-refractivity contribution in [3.63, 3.8) is 0 Å². The van der Waals surface area contributed by atoms with Crippen molar-refractivity contribution in [3.8, 4) is 17.0 Å². The fourth-order valence-electron chi connectivity index (χ4n) is 3.93. The Hall–Kier alpha value is -3.12. The number of nitrogens with zero attached hydrogens (tertiary/aromatic N) is 3. The van der Waals surface area contributed by atoms with Crippen LogP contribution in [-0.4, -0.2) is 54.2 Å². The molecule has 1 aromatic heterocycles. The van der Waals surface area contributed by atoms with Crippen molar-refractivity contribution in [2.45, 2.75) is 25.8 Å². The Bertz CT molecular complexity index is 969. The van der Waals surface area contributed by atoms with E-state index in [4.69, 9.17) is 9.26 Å². The number of rotatable bonds is 7. The van der Waals surface area contributed by atoms with Crippen molar-refractivity contribution in [1.82, 2.24) is 15.0 Å². The maximum atomic E-state index is 12.7. The lowest BCUT2D eigenvalue weighted by molar-refractivity contribution is -0.131. The van der Waals surface area contributed by atoms with Gasteiger partial charge in [-0.15, -0.1) is 0 Å². The first-order valence-corrected chi connectivity index (χ1v) is 10.9. The minimum absolute atomic E-state index is 0.226. The lowest BCUT2D eigenvalue weighted by Crippen LogP contribution is -2.35. The molecule has 162 valence electrons. The molecule has 0 N–H and O–H groups in total. The highest BCUT2D eigenvalue weighted by Gasteiger charge is 2.20. The van der Waals surface area contributed by atoms with Gasteiger partial charge < -0.3 is 14.2 Å². The second-order valence-electron chi connectivity index (χ2n) is 7.90. The predicted octanol–water partition coefficient (Wildman–Crippen LogP) is 4.02. The molecular weight excluding hydrogens is 390 g/mol. The zero-order chi connectivity index (χ0) is 21.5. The van der Waals surface area contributed by atoms with E-state index in [1.165, 1.54) is 0 Å². The predicted molar refractivity (Wildman–Crippen MR) is 120 cm³/mol. The Balaban J connectivity index is 1.26. The third-order valence-corrected chi connectivity index (χ3v) is 5.74. The number of benzene rings is 2. The first-order valence-electron chi connectivity index (χ1n) is 10.9. The van der Waals surface area contributed by atoms with E-state index >= 15 is 0 Å². The monoisotopic (exact) mass is 419 g/mol. The molecule has 1 aliphatic heterocycles. The van der Waals surface area contributed by atoms with Gasteiger partial charge in [-0.3, -0.25) is 9.69 Å². The van der Waals surface area contributed by atoms with Gasteiger partial charge >= 0.3 is 0 Å². The summed E-state index contributed by atoms with van der Waals surface area (Å²) in [6, 6.07) is 20.0. The fourth-order valence-corrected chi connectivity index (χ4v) is 3.93. The van der Waals surface area contributed by atoms with Crippen molar-refractivity contribution in [2.75, 3.05) is 33.3 Å². The summed E-state index contributed by atoms with van der Waals surface area (Å²) in [5.41, 5.74) is 3.08. The van der Waals surface area contributed by atoms with Gasteiger partial charge in [-0.25, -0.2) is 0 Å². The molecule has 6 heteroatoms. The summed E-state index contributed by atoms with van der Waals surface area (Å²) < 4.78 is 10.7. The Morgan fingerprint density at radius 1 is 1.03 bits per heavy atom. The number of ether oxygens (including phenoxy) is 1. The second kappa shape index (κ2) is 10.3. The SMILES string of the molecule is COc1ccc(CCC(=O)N2CCCN(Cc3cc(-c4ccccc4)no3)CC2)cc1. The average molecular weight is 420 g/mol. The molecule has 1 fully saturated rings. The van der Waals surface area contributed by atoms with E-state index in [-0.39, 0.29) is 5.91 Å². The van der Waals surface area contributed by atoms with Crippen LogP contribution in [0.1, 0.15) is 24.2 Å². The molecule has 3 aromatic rings. The summed E-state index contributed by atoms with van der Waals surface area (Å²) in [6.07, 6.45) is 2.26. The number of carbonyl (C=O) groups excluding carboxylic acids is 1. The maximum Gasteiger partial charge on any atom is 0.222 e. The molecule has 0 aliphatic carbocycles. The molecule has 0 saturated carbocycles. The highest BCUT2D eigenvalue weighted by atomic mass is 16.5. The molecule has 4 rings (SSSR count). The summed E-state index contributed by atoms with van der Waals surface area (Å²) in [6.45, 7) is 4.07. The van der Waals surface area contributed by atoms with Crippen LogP contribution < -0.4 is 4.74 Å². The first kappa shape index (κ1) is 21.1. The van der Waals surface area contributed by atoms with Gasteiger partial charge in [-0.05, 0) is 30.5 Å². The molecule has 1 amide bonds. The minimum atomic E-state index is 0.226. The van der Waals surface area contributed by atoms with Crippen molar-refractivity contribution < 1.29 is 14.1 Å². The minimum Gasteiger partial charge on any atom is -0.497 e. The zero-order valence-corrected chi connectivity index (χ0v) is 18.0. The van der Waals surface area contributed by atoms with Gasteiger partial charge in [0.05, 0.1) is 13.7 Å². The largest absolute Gasteiger partial charge is 0.497 e. The molecule has 2 heterocycles. The van der Waals surface area contributed by atoms with Crippen LogP contribution in [0.3, 0.4) is 0 Å². The third kappa shape index (κ3) is 5.73. The lowest BCUT2D eigenvalue weighted by atomic mass is 10.1. The van der Waals surface area contributed by atoms with Crippen LogP contribution in [0.15, 0.2) is 65.2 Å². The van der Waals surface area contributed by atoms with Crippen molar-refractivity contribution in [3.05, 3.63) is 72.0 Å². The van der Waals surface area contributed by atoms with E-state index in [2.05, 4.69) is 10.1 Å². The summed E-state index contributed by atoms with van der Waals surface area (Å²) >= 11 is 0. The molecule has 0 radical (unpaired) electrons. The molecule has 0 bridgehead atoms. The quantitative estimate of drug-likeness (QED) is 0.579. The standard InChI is InChI=1S/C25H29N3O3/c1-30-22-11-8-20(9-12-22)10-13-25(29)28-15-5-14-27(16-17-28)19-23-18-24(26-31-23)21-6-3-2-4-7-21/h2-4,6-9,11-12,18H,5,10,13-17,19H2,1H3. The van der Waals surface area contributed by atoms with Gasteiger partial charge in [0.1, 0.15) is 11.4 Å². The van der Waals surface area contributed by atoms with Gasteiger partial charge in [0.25, 0.3) is 0 Å². The number of aryl methyl sites for hydroxylation is 1. The van der Waals surface area contributed by atoms with Crippen LogP contribution >= 0.6 is 0 Å². The number of methoxy groups -OCH3 is 1.